The Labute approximate surface area is 116 Å². The molecule has 1 aliphatic rings. The minimum atomic E-state index is -1.03. The number of hydrogen-bond acceptors (Lipinski definition) is 3. The summed E-state index contributed by atoms with van der Waals surface area (Å²) in [6.45, 7) is 1.81. The highest BCUT2D eigenvalue weighted by atomic mass is 32.2. The molecule has 1 heterocycles. The number of rotatable bonds is 3. The van der Waals surface area contributed by atoms with Crippen LogP contribution in [-0.2, 0) is 4.79 Å². The molecule has 1 saturated heterocycles. The van der Waals surface area contributed by atoms with Crippen LogP contribution in [0.15, 0.2) is 24.3 Å². The van der Waals surface area contributed by atoms with Crippen LogP contribution >= 0.6 is 11.8 Å². The van der Waals surface area contributed by atoms with E-state index in [0.717, 1.165) is 42.8 Å². The number of carboxylic acids is 1. The molecule has 0 atom stereocenters. The lowest BCUT2D eigenvalue weighted by molar-refractivity contribution is -0.131. The quantitative estimate of drug-likeness (QED) is 0.865. The number of halogens is 1. The molecule has 0 aliphatic carbocycles. The van der Waals surface area contributed by atoms with Crippen molar-refractivity contribution in [2.75, 3.05) is 29.5 Å². The summed E-state index contributed by atoms with van der Waals surface area (Å²) in [5.74, 6) is 0.811. The molecule has 1 N–H and O–H groups in total. The molecule has 2 rings (SSSR count). The molecular formula is C14H16FNO2S. The Morgan fingerprint density at radius 1 is 1.32 bits per heavy atom. The van der Waals surface area contributed by atoms with Crippen molar-refractivity contribution in [2.45, 2.75) is 6.42 Å². The maximum Gasteiger partial charge on any atom is 0.328 e. The number of benzene rings is 1. The van der Waals surface area contributed by atoms with Crippen molar-refractivity contribution in [1.29, 1.82) is 0 Å². The lowest BCUT2D eigenvalue weighted by Gasteiger charge is -2.22. The van der Waals surface area contributed by atoms with E-state index in [9.17, 15) is 9.18 Å². The molecule has 0 unspecified atom stereocenters. The van der Waals surface area contributed by atoms with Crippen molar-refractivity contribution >= 4 is 29.5 Å². The monoisotopic (exact) mass is 281 g/mol. The van der Waals surface area contributed by atoms with Crippen LogP contribution < -0.4 is 4.90 Å². The zero-order valence-electron chi connectivity index (χ0n) is 10.5. The van der Waals surface area contributed by atoms with Gasteiger partial charge in [-0.1, -0.05) is 0 Å². The largest absolute Gasteiger partial charge is 0.478 e. The Bertz CT molecular complexity index is 482. The standard InChI is InChI=1S/C14H16FNO2S/c15-12-8-11(2-3-14(17)18)9-13(10-12)16-4-1-6-19-7-5-16/h2-3,8-10H,1,4-7H2,(H,17,18)/b3-2+. The first-order valence-corrected chi connectivity index (χ1v) is 7.35. The van der Waals surface area contributed by atoms with E-state index in [4.69, 9.17) is 5.11 Å². The van der Waals surface area contributed by atoms with Crippen LogP contribution in [0.5, 0.6) is 0 Å². The van der Waals surface area contributed by atoms with Crippen molar-refractivity contribution in [3.8, 4) is 0 Å². The Kier molecular flexibility index (Phi) is 4.85. The van der Waals surface area contributed by atoms with E-state index in [1.807, 2.05) is 17.8 Å². The minimum Gasteiger partial charge on any atom is -0.478 e. The van der Waals surface area contributed by atoms with Gasteiger partial charge in [0.05, 0.1) is 0 Å². The number of nitrogens with zero attached hydrogens (tertiary/aromatic N) is 1. The first-order chi connectivity index (χ1) is 9.15. The van der Waals surface area contributed by atoms with Crippen molar-refractivity contribution in [3.05, 3.63) is 35.7 Å². The maximum absolute atomic E-state index is 13.6. The van der Waals surface area contributed by atoms with E-state index in [2.05, 4.69) is 4.90 Å². The van der Waals surface area contributed by atoms with Gasteiger partial charge in [0.2, 0.25) is 0 Å². The highest BCUT2D eigenvalue weighted by molar-refractivity contribution is 7.99. The number of anilines is 1. The molecule has 5 heteroatoms. The normalized spacial score (nSPS) is 16.6. The summed E-state index contributed by atoms with van der Waals surface area (Å²) in [6, 6.07) is 4.68. The SMILES string of the molecule is O=C(O)/C=C/c1cc(F)cc(N2CCCSCC2)c1. The van der Waals surface area contributed by atoms with Crippen LogP contribution in [0, 0.1) is 5.82 Å². The number of thioether (sulfide) groups is 1. The predicted molar refractivity (Wildman–Crippen MR) is 77.2 cm³/mol. The zero-order chi connectivity index (χ0) is 13.7. The Balaban J connectivity index is 2.22. The fourth-order valence-corrected chi connectivity index (χ4v) is 2.93. The molecule has 0 aromatic heterocycles. The molecule has 0 spiro atoms. The fraction of sp³-hybridized carbons (Fsp3) is 0.357. The second-order valence-corrected chi connectivity index (χ2v) is 5.59. The topological polar surface area (TPSA) is 40.5 Å². The van der Waals surface area contributed by atoms with Crippen LogP contribution in [0.4, 0.5) is 10.1 Å². The van der Waals surface area contributed by atoms with Crippen molar-refractivity contribution in [3.63, 3.8) is 0 Å². The predicted octanol–water partition coefficient (Wildman–Crippen LogP) is 2.87. The van der Waals surface area contributed by atoms with Gasteiger partial charge in [-0.15, -0.1) is 0 Å². The van der Waals surface area contributed by atoms with Gasteiger partial charge in [-0.25, -0.2) is 9.18 Å². The first kappa shape index (κ1) is 13.9. The molecule has 102 valence electrons. The van der Waals surface area contributed by atoms with Crippen LogP contribution in [0.3, 0.4) is 0 Å². The summed E-state index contributed by atoms with van der Waals surface area (Å²) in [5.41, 5.74) is 1.40. The second-order valence-electron chi connectivity index (χ2n) is 4.37. The Morgan fingerprint density at radius 3 is 2.95 bits per heavy atom. The van der Waals surface area contributed by atoms with Crippen molar-refractivity contribution < 1.29 is 14.3 Å². The van der Waals surface area contributed by atoms with Crippen molar-refractivity contribution in [2.24, 2.45) is 0 Å². The molecule has 1 aromatic rings. The summed E-state index contributed by atoms with van der Waals surface area (Å²) in [6.07, 6.45) is 3.53. The third-order valence-corrected chi connectivity index (χ3v) is 3.96. The summed E-state index contributed by atoms with van der Waals surface area (Å²) in [5, 5.41) is 8.61. The Hall–Kier alpha value is -1.49. The minimum absolute atomic E-state index is 0.334. The summed E-state index contributed by atoms with van der Waals surface area (Å²) >= 11 is 1.91. The van der Waals surface area contributed by atoms with Gasteiger partial charge in [0.15, 0.2) is 0 Å². The molecule has 0 radical (unpaired) electrons. The van der Waals surface area contributed by atoms with E-state index in [-0.39, 0.29) is 5.82 Å². The second kappa shape index (κ2) is 6.61. The van der Waals surface area contributed by atoms with Gasteiger partial charge < -0.3 is 10.0 Å². The highest BCUT2D eigenvalue weighted by Gasteiger charge is 2.11. The lowest BCUT2D eigenvalue weighted by Crippen LogP contribution is -2.25. The molecule has 3 nitrogen and oxygen atoms in total. The Morgan fingerprint density at radius 2 is 2.16 bits per heavy atom. The van der Waals surface area contributed by atoms with E-state index in [0.29, 0.717) is 5.56 Å². The highest BCUT2D eigenvalue weighted by Crippen LogP contribution is 2.22. The molecule has 0 amide bonds. The van der Waals surface area contributed by atoms with Gasteiger partial charge in [0, 0.05) is 30.6 Å². The van der Waals surface area contributed by atoms with Crippen LogP contribution in [0.25, 0.3) is 6.08 Å². The number of hydrogen-bond donors (Lipinski definition) is 1. The summed E-state index contributed by atoms with van der Waals surface area (Å²) < 4.78 is 13.6. The van der Waals surface area contributed by atoms with Gasteiger partial charge >= 0.3 is 5.97 Å². The first-order valence-electron chi connectivity index (χ1n) is 6.19. The van der Waals surface area contributed by atoms with Crippen LogP contribution in [-0.4, -0.2) is 35.7 Å². The third-order valence-electron chi connectivity index (χ3n) is 2.91. The molecular weight excluding hydrogens is 265 g/mol. The molecule has 1 aromatic carbocycles. The van der Waals surface area contributed by atoms with Crippen LogP contribution in [0.1, 0.15) is 12.0 Å². The van der Waals surface area contributed by atoms with Gasteiger partial charge in [0.1, 0.15) is 5.82 Å². The average Bonchev–Trinajstić information content (AvgIpc) is 2.64. The molecule has 19 heavy (non-hydrogen) atoms. The van der Waals surface area contributed by atoms with Gasteiger partial charge in [0.25, 0.3) is 0 Å². The van der Waals surface area contributed by atoms with Gasteiger partial charge in [-0.05, 0) is 42.0 Å². The average molecular weight is 281 g/mol. The molecule has 1 aliphatic heterocycles. The number of carbonyl (C=O) groups is 1. The fourth-order valence-electron chi connectivity index (χ4n) is 2.05. The van der Waals surface area contributed by atoms with Gasteiger partial charge in [-0.3, -0.25) is 0 Å². The maximum atomic E-state index is 13.6. The lowest BCUT2D eigenvalue weighted by atomic mass is 10.1. The van der Waals surface area contributed by atoms with Crippen LogP contribution in [0.2, 0.25) is 0 Å². The molecule has 0 saturated carbocycles. The van der Waals surface area contributed by atoms with E-state index < -0.39 is 5.97 Å². The number of aliphatic carboxylic acids is 1. The number of carboxylic acid groups (broad SMARTS) is 1. The third kappa shape index (κ3) is 4.28. The summed E-state index contributed by atoms with van der Waals surface area (Å²) in [7, 11) is 0. The van der Waals surface area contributed by atoms with E-state index in [1.165, 1.54) is 18.2 Å². The van der Waals surface area contributed by atoms with E-state index in [1.54, 1.807) is 0 Å². The molecule has 0 bridgehead atoms. The van der Waals surface area contributed by atoms with Crippen molar-refractivity contribution in [1.82, 2.24) is 0 Å². The van der Waals surface area contributed by atoms with E-state index >= 15 is 0 Å². The summed E-state index contributed by atoms with van der Waals surface area (Å²) in [4.78, 5) is 12.6. The van der Waals surface area contributed by atoms with Gasteiger partial charge in [-0.2, -0.15) is 11.8 Å². The smallest absolute Gasteiger partial charge is 0.328 e. The zero-order valence-corrected chi connectivity index (χ0v) is 11.3. The molecule has 1 fully saturated rings.